The van der Waals surface area contributed by atoms with Crippen molar-refractivity contribution in [3.8, 4) is 10.9 Å². The number of rotatable bonds is 10. The minimum Gasteiger partial charge on any atom is -0.480 e. The summed E-state index contributed by atoms with van der Waals surface area (Å²) < 4.78 is 42.7. The van der Waals surface area contributed by atoms with Gasteiger partial charge in [-0.05, 0) is 32.6 Å². The number of aliphatic imine (C=N–C) groups is 1. The van der Waals surface area contributed by atoms with E-state index in [0.717, 1.165) is 69.2 Å². The number of thiazole rings is 1. The lowest BCUT2D eigenvalue weighted by Crippen LogP contribution is -2.33. The van der Waals surface area contributed by atoms with Gasteiger partial charge in [0.05, 0.1) is 30.8 Å². The fourth-order valence-corrected chi connectivity index (χ4v) is 5.13. The molecule has 37 heavy (non-hydrogen) atoms. The number of hydrogen-bond donors (Lipinski definition) is 0. The Kier molecular flexibility index (Phi) is 9.49. The van der Waals surface area contributed by atoms with E-state index in [4.69, 9.17) is 14.2 Å². The largest absolute Gasteiger partial charge is 0.480 e. The monoisotopic (exact) mass is 537 g/mol. The van der Waals surface area contributed by atoms with Crippen LogP contribution in [-0.4, -0.2) is 83.5 Å². The van der Waals surface area contributed by atoms with Crippen molar-refractivity contribution >= 4 is 23.5 Å². The summed E-state index contributed by atoms with van der Waals surface area (Å²) in [5, 5.41) is 0.337. The topological polar surface area (TPSA) is 99.0 Å². The number of amides is 1. The SMILES string of the molecule is Cc1ncc(OCC(=O)N=CC2CC[C@H](CCN3CCc4nc(OCC(C)(F)F)sc4CC3)OC2)cn1. The van der Waals surface area contributed by atoms with Gasteiger partial charge in [-0.2, -0.15) is 0 Å². The van der Waals surface area contributed by atoms with E-state index in [1.54, 1.807) is 13.1 Å². The van der Waals surface area contributed by atoms with Gasteiger partial charge in [0.15, 0.2) is 19.0 Å². The van der Waals surface area contributed by atoms with Gasteiger partial charge in [0.25, 0.3) is 17.0 Å². The molecule has 2 aromatic rings. The third kappa shape index (κ3) is 9.04. The van der Waals surface area contributed by atoms with E-state index in [1.807, 2.05) is 0 Å². The molecule has 4 heterocycles. The second-order valence-electron chi connectivity index (χ2n) is 9.56. The van der Waals surface area contributed by atoms with Crippen molar-refractivity contribution in [3.63, 3.8) is 0 Å². The first kappa shape index (κ1) is 27.5. The molecule has 0 spiro atoms. The predicted molar refractivity (Wildman–Crippen MR) is 135 cm³/mol. The molecule has 1 unspecified atom stereocenters. The Hall–Kier alpha value is -2.57. The molecule has 0 bridgehead atoms. The number of carbonyl (C=O) groups excluding carboxylic acids is 1. The van der Waals surface area contributed by atoms with Gasteiger partial charge in [0.1, 0.15) is 5.82 Å². The van der Waals surface area contributed by atoms with Crippen molar-refractivity contribution in [3.05, 3.63) is 28.8 Å². The first-order chi connectivity index (χ1) is 17.7. The van der Waals surface area contributed by atoms with Crippen LogP contribution in [0.4, 0.5) is 8.78 Å². The standard InChI is InChI=1S/C25H33F2N5O4S/c1-17-28-12-20(13-29-17)35-15-23(33)30-11-18-3-4-19(34-14-18)5-8-32-9-6-21-22(7-10-32)37-24(31-21)36-16-25(2,26)27/h11-13,18-19H,3-10,14-16H2,1-2H3/t18?,19-/m1/s1. The molecular formula is C25H33F2N5O4S. The fourth-order valence-electron chi connectivity index (χ4n) is 4.18. The lowest BCUT2D eigenvalue weighted by molar-refractivity contribution is -0.119. The van der Waals surface area contributed by atoms with Gasteiger partial charge in [0, 0.05) is 50.0 Å². The number of alkyl halides is 2. The van der Waals surface area contributed by atoms with E-state index >= 15 is 0 Å². The zero-order valence-corrected chi connectivity index (χ0v) is 22.0. The zero-order chi connectivity index (χ0) is 26.3. The maximum absolute atomic E-state index is 13.0. The number of nitrogens with zero attached hydrogens (tertiary/aromatic N) is 5. The first-order valence-electron chi connectivity index (χ1n) is 12.5. The molecule has 9 nitrogen and oxygen atoms in total. The van der Waals surface area contributed by atoms with Crippen molar-refractivity contribution in [1.82, 2.24) is 19.9 Å². The normalized spacial score (nSPS) is 21.0. The van der Waals surface area contributed by atoms with Gasteiger partial charge in [-0.15, -0.1) is 0 Å². The van der Waals surface area contributed by atoms with Crippen LogP contribution in [0.1, 0.15) is 42.6 Å². The molecule has 0 saturated carbocycles. The average molecular weight is 538 g/mol. The van der Waals surface area contributed by atoms with Crippen LogP contribution in [0.25, 0.3) is 0 Å². The quantitative estimate of drug-likeness (QED) is 0.425. The molecule has 2 aliphatic rings. The van der Waals surface area contributed by atoms with Crippen LogP contribution in [0.3, 0.4) is 0 Å². The Balaban J connectivity index is 1.11. The predicted octanol–water partition coefficient (Wildman–Crippen LogP) is 3.54. The summed E-state index contributed by atoms with van der Waals surface area (Å²) in [6, 6.07) is 0. The number of hydrogen-bond acceptors (Lipinski definition) is 9. The van der Waals surface area contributed by atoms with Gasteiger partial charge in [-0.3, -0.25) is 4.79 Å². The second kappa shape index (κ2) is 12.8. The van der Waals surface area contributed by atoms with E-state index in [1.165, 1.54) is 23.7 Å². The minimum atomic E-state index is -2.86. The summed E-state index contributed by atoms with van der Waals surface area (Å²) in [5.74, 6) is -2.02. The van der Waals surface area contributed by atoms with Crippen molar-refractivity contribution in [2.45, 2.75) is 58.0 Å². The summed E-state index contributed by atoms with van der Waals surface area (Å²) in [6.45, 7) is 5.08. The van der Waals surface area contributed by atoms with Gasteiger partial charge in [0.2, 0.25) is 0 Å². The van der Waals surface area contributed by atoms with Crippen LogP contribution in [-0.2, 0) is 22.4 Å². The second-order valence-corrected chi connectivity index (χ2v) is 10.6. The number of carbonyl (C=O) groups is 1. The Bertz CT molecular complexity index is 1030. The highest BCUT2D eigenvalue weighted by Crippen LogP contribution is 2.29. The third-order valence-corrected chi connectivity index (χ3v) is 7.32. The van der Waals surface area contributed by atoms with Crippen molar-refractivity contribution < 1.29 is 27.8 Å². The average Bonchev–Trinajstić information content (AvgIpc) is 3.18. The first-order valence-corrected chi connectivity index (χ1v) is 13.4. The molecule has 0 N–H and O–H groups in total. The lowest BCUT2D eigenvalue weighted by atomic mass is 9.98. The van der Waals surface area contributed by atoms with E-state index in [-0.39, 0.29) is 24.5 Å². The minimum absolute atomic E-state index is 0.118. The fraction of sp³-hybridized carbons (Fsp3) is 0.640. The molecular weight excluding hydrogens is 504 g/mol. The highest BCUT2D eigenvalue weighted by Gasteiger charge is 2.25. The zero-order valence-electron chi connectivity index (χ0n) is 21.2. The smallest absolute Gasteiger partial charge is 0.283 e. The van der Waals surface area contributed by atoms with E-state index in [9.17, 15) is 13.6 Å². The Morgan fingerprint density at radius 3 is 2.78 bits per heavy atom. The van der Waals surface area contributed by atoms with E-state index in [0.29, 0.717) is 23.4 Å². The van der Waals surface area contributed by atoms with Crippen LogP contribution in [0.2, 0.25) is 0 Å². The molecule has 2 atom stereocenters. The number of aryl methyl sites for hydroxylation is 1. The Labute approximate surface area is 219 Å². The molecule has 1 fully saturated rings. The van der Waals surface area contributed by atoms with E-state index in [2.05, 4.69) is 24.8 Å². The number of aromatic nitrogens is 3. The summed E-state index contributed by atoms with van der Waals surface area (Å²) in [6.07, 6.45) is 9.35. The molecule has 2 aromatic heterocycles. The molecule has 1 amide bonds. The van der Waals surface area contributed by atoms with Crippen molar-refractivity contribution in [1.29, 1.82) is 0 Å². The number of halogens is 2. The number of ether oxygens (including phenoxy) is 3. The molecule has 0 aromatic carbocycles. The molecule has 1 saturated heterocycles. The molecule has 0 radical (unpaired) electrons. The summed E-state index contributed by atoms with van der Waals surface area (Å²) in [7, 11) is 0. The highest BCUT2D eigenvalue weighted by atomic mass is 32.1. The van der Waals surface area contributed by atoms with E-state index < -0.39 is 12.5 Å². The summed E-state index contributed by atoms with van der Waals surface area (Å²) >= 11 is 1.38. The van der Waals surface area contributed by atoms with Crippen LogP contribution in [0.5, 0.6) is 10.9 Å². The van der Waals surface area contributed by atoms with Gasteiger partial charge in [-0.1, -0.05) is 11.3 Å². The number of fused-ring (bicyclic) bond motifs is 1. The molecule has 4 rings (SSSR count). The third-order valence-electron chi connectivity index (χ3n) is 6.25. The van der Waals surface area contributed by atoms with Crippen molar-refractivity contribution in [2.75, 3.05) is 39.5 Å². The molecule has 12 heteroatoms. The Morgan fingerprint density at radius 2 is 2.05 bits per heavy atom. The molecule has 0 aliphatic carbocycles. The van der Waals surface area contributed by atoms with Gasteiger partial charge >= 0.3 is 0 Å². The van der Waals surface area contributed by atoms with Crippen LogP contribution in [0, 0.1) is 12.8 Å². The van der Waals surface area contributed by atoms with Gasteiger partial charge in [-0.25, -0.2) is 28.7 Å². The van der Waals surface area contributed by atoms with Crippen LogP contribution >= 0.6 is 11.3 Å². The Morgan fingerprint density at radius 1 is 1.27 bits per heavy atom. The van der Waals surface area contributed by atoms with Crippen LogP contribution in [0.15, 0.2) is 17.4 Å². The van der Waals surface area contributed by atoms with Crippen LogP contribution < -0.4 is 9.47 Å². The van der Waals surface area contributed by atoms with Crippen molar-refractivity contribution in [2.24, 2.45) is 10.9 Å². The molecule has 2 aliphatic heterocycles. The lowest BCUT2D eigenvalue weighted by Gasteiger charge is -2.29. The summed E-state index contributed by atoms with van der Waals surface area (Å²) in [4.78, 5) is 32.0. The maximum Gasteiger partial charge on any atom is 0.283 e. The molecule has 202 valence electrons. The van der Waals surface area contributed by atoms with Gasteiger partial charge < -0.3 is 19.1 Å². The summed E-state index contributed by atoms with van der Waals surface area (Å²) in [5.41, 5.74) is 0.963. The highest BCUT2D eigenvalue weighted by molar-refractivity contribution is 7.13. The maximum atomic E-state index is 13.0.